The first-order valence-corrected chi connectivity index (χ1v) is 14.7. The summed E-state index contributed by atoms with van der Waals surface area (Å²) >= 11 is 0. The summed E-state index contributed by atoms with van der Waals surface area (Å²) in [5.41, 5.74) is 0.345. The third kappa shape index (κ3) is 4.20. The van der Waals surface area contributed by atoms with Crippen molar-refractivity contribution in [2.24, 2.45) is 29.1 Å². The van der Waals surface area contributed by atoms with Gasteiger partial charge in [-0.2, -0.15) is 0 Å². The Bertz CT molecular complexity index is 1580. The van der Waals surface area contributed by atoms with Crippen LogP contribution < -0.4 is 14.4 Å². The van der Waals surface area contributed by atoms with Gasteiger partial charge in [0.25, 0.3) is 0 Å². The summed E-state index contributed by atoms with van der Waals surface area (Å²) in [6, 6.07) is 11.5. The number of ether oxygens (including phenoxy) is 2. The van der Waals surface area contributed by atoms with Gasteiger partial charge in [-0.25, -0.2) is 4.90 Å². The molecule has 6 rings (SSSR count). The van der Waals surface area contributed by atoms with Crippen LogP contribution in [0.1, 0.15) is 44.1 Å². The number of aliphatic carboxylic acids is 1. The van der Waals surface area contributed by atoms with Gasteiger partial charge in [-0.1, -0.05) is 29.8 Å². The SMILES string of the molecule is COc1cc(O)cc(OC)c1[C@H]1C2=CC[C@@H]3C(=O)N(CCCC(=O)O)C(=O)[C@@H]3[C@@H]2C[C@H]2C(=O)N(c3ccccc3)C(=O)[C@@]12C. The zero-order chi connectivity index (χ0) is 31.5. The number of aromatic hydroxyl groups is 1. The zero-order valence-electron chi connectivity index (χ0n) is 24.7. The van der Waals surface area contributed by atoms with Gasteiger partial charge in [-0.05, 0) is 44.2 Å². The first kappa shape index (κ1) is 29.4. The van der Waals surface area contributed by atoms with Crippen molar-refractivity contribution >= 4 is 35.3 Å². The van der Waals surface area contributed by atoms with Gasteiger partial charge in [0.2, 0.25) is 23.6 Å². The Balaban J connectivity index is 1.51. The smallest absolute Gasteiger partial charge is 0.303 e. The number of amides is 4. The highest BCUT2D eigenvalue weighted by atomic mass is 16.5. The predicted octanol–water partition coefficient (Wildman–Crippen LogP) is 3.50. The lowest BCUT2D eigenvalue weighted by atomic mass is 9.51. The van der Waals surface area contributed by atoms with Crippen LogP contribution in [0.5, 0.6) is 17.2 Å². The van der Waals surface area contributed by atoms with E-state index in [9.17, 15) is 29.1 Å². The molecule has 1 saturated carbocycles. The molecular formula is C33H34N2O9. The molecule has 0 spiro atoms. The Hall–Kier alpha value is -4.67. The number of nitrogens with zero attached hydrogens (tertiary/aromatic N) is 2. The Morgan fingerprint density at radius 1 is 0.977 bits per heavy atom. The minimum absolute atomic E-state index is 0.00238. The summed E-state index contributed by atoms with van der Waals surface area (Å²) < 4.78 is 11.4. The maximum absolute atomic E-state index is 14.5. The second-order valence-corrected chi connectivity index (χ2v) is 12.1. The van der Waals surface area contributed by atoms with Crippen LogP contribution >= 0.6 is 0 Å². The van der Waals surface area contributed by atoms with E-state index in [1.54, 1.807) is 37.3 Å². The first-order chi connectivity index (χ1) is 21.0. The van der Waals surface area contributed by atoms with Crippen LogP contribution in [-0.4, -0.2) is 65.5 Å². The Labute approximate surface area is 254 Å². The number of fused-ring (bicyclic) bond motifs is 4. The van der Waals surface area contributed by atoms with Crippen molar-refractivity contribution in [1.82, 2.24) is 4.90 Å². The summed E-state index contributed by atoms with van der Waals surface area (Å²) in [7, 11) is 2.88. The number of hydrogen-bond donors (Lipinski definition) is 2. The number of carbonyl (C=O) groups excluding carboxylic acids is 4. The summed E-state index contributed by atoms with van der Waals surface area (Å²) in [4.78, 5) is 69.6. The number of phenolic OH excluding ortho intramolecular Hbond substituents is 1. The maximum atomic E-state index is 14.5. The van der Waals surface area contributed by atoms with E-state index in [2.05, 4.69) is 0 Å². The molecule has 2 aromatic rings. The molecule has 2 saturated heterocycles. The minimum atomic E-state index is -1.31. The molecule has 0 bridgehead atoms. The number of carboxylic acid groups (broad SMARTS) is 1. The molecular weight excluding hydrogens is 568 g/mol. The van der Waals surface area contributed by atoms with E-state index in [0.29, 0.717) is 11.3 Å². The average molecular weight is 603 g/mol. The van der Waals surface area contributed by atoms with Gasteiger partial charge < -0.3 is 19.7 Å². The van der Waals surface area contributed by atoms with Gasteiger partial charge in [0.15, 0.2) is 0 Å². The van der Waals surface area contributed by atoms with Crippen LogP contribution in [0.25, 0.3) is 0 Å². The number of methoxy groups -OCH3 is 2. The number of hydrogen-bond acceptors (Lipinski definition) is 8. The number of carbonyl (C=O) groups is 5. The van der Waals surface area contributed by atoms with E-state index < -0.39 is 46.9 Å². The molecule has 0 unspecified atom stereocenters. The lowest BCUT2D eigenvalue weighted by Crippen LogP contribution is -2.49. The average Bonchev–Trinajstić information content (AvgIpc) is 3.36. The molecule has 2 aliphatic heterocycles. The van der Waals surface area contributed by atoms with Gasteiger partial charge in [-0.15, -0.1) is 0 Å². The number of para-hydroxylation sites is 1. The van der Waals surface area contributed by atoms with E-state index in [1.807, 2.05) is 6.08 Å². The van der Waals surface area contributed by atoms with Crippen molar-refractivity contribution < 1.29 is 43.7 Å². The molecule has 2 N–H and O–H groups in total. The van der Waals surface area contributed by atoms with E-state index in [0.717, 1.165) is 10.5 Å². The van der Waals surface area contributed by atoms with Gasteiger partial charge in [0.05, 0.1) is 43.1 Å². The number of allylic oxidation sites excluding steroid dienone is 2. The summed E-state index contributed by atoms with van der Waals surface area (Å²) in [5.74, 6) is -5.69. The number of anilines is 1. The topological polar surface area (TPSA) is 151 Å². The Morgan fingerprint density at radius 3 is 2.25 bits per heavy atom. The van der Waals surface area contributed by atoms with Gasteiger partial charge >= 0.3 is 5.97 Å². The molecule has 0 radical (unpaired) electrons. The van der Waals surface area contributed by atoms with Crippen molar-refractivity contribution in [2.45, 2.75) is 38.5 Å². The van der Waals surface area contributed by atoms with E-state index >= 15 is 0 Å². The van der Waals surface area contributed by atoms with Crippen LogP contribution in [0.3, 0.4) is 0 Å². The second-order valence-electron chi connectivity index (χ2n) is 12.1. The molecule has 2 aliphatic carbocycles. The minimum Gasteiger partial charge on any atom is -0.508 e. The van der Waals surface area contributed by atoms with Gasteiger partial charge in [0.1, 0.15) is 17.2 Å². The summed E-state index contributed by atoms with van der Waals surface area (Å²) in [6.45, 7) is 1.77. The quantitative estimate of drug-likeness (QED) is 0.342. The first-order valence-electron chi connectivity index (χ1n) is 14.7. The number of carboxylic acids is 1. The highest BCUT2D eigenvalue weighted by Gasteiger charge is 2.68. The standard InChI is InChI=1S/C33H34N2O9/c1-33-22(30(40)35(32(33)42)17-8-5-4-6-9-17)16-21-19(28(33)27-23(43-2)14-18(36)15-24(27)44-3)11-12-20-26(21)31(41)34(29(20)39)13-7-10-25(37)38/h4-6,8-9,11,14-15,20-22,26,28,36H,7,10,12-13,16H2,1-3H3,(H,37,38)/t20-,21+,22-,26-,28+,33+/m0/s1. The van der Waals surface area contributed by atoms with Gasteiger partial charge in [0, 0.05) is 36.6 Å². The van der Waals surface area contributed by atoms with Crippen molar-refractivity contribution in [2.75, 3.05) is 25.7 Å². The molecule has 44 heavy (non-hydrogen) atoms. The number of benzene rings is 2. The number of phenols is 1. The normalized spacial score (nSPS) is 29.2. The van der Waals surface area contributed by atoms with Gasteiger partial charge in [-0.3, -0.25) is 28.9 Å². The fraction of sp³-hybridized carbons (Fsp3) is 0.424. The molecule has 4 amide bonds. The summed E-state index contributed by atoms with van der Waals surface area (Å²) in [5, 5.41) is 19.5. The highest BCUT2D eigenvalue weighted by Crippen LogP contribution is 2.65. The number of likely N-dealkylation sites (tertiary alicyclic amines) is 1. The molecule has 4 aliphatic rings. The third-order valence-corrected chi connectivity index (χ3v) is 9.97. The molecule has 0 aromatic heterocycles. The predicted molar refractivity (Wildman–Crippen MR) is 156 cm³/mol. The van der Waals surface area contributed by atoms with Crippen molar-refractivity contribution in [3.05, 3.63) is 59.7 Å². The van der Waals surface area contributed by atoms with Crippen molar-refractivity contribution in [3.63, 3.8) is 0 Å². The second kappa shape index (κ2) is 10.8. The third-order valence-electron chi connectivity index (χ3n) is 9.97. The molecule has 11 nitrogen and oxygen atoms in total. The van der Waals surface area contributed by atoms with E-state index in [4.69, 9.17) is 14.6 Å². The van der Waals surface area contributed by atoms with Crippen molar-refractivity contribution in [1.29, 1.82) is 0 Å². The molecule has 11 heteroatoms. The zero-order valence-corrected chi connectivity index (χ0v) is 24.7. The Kier molecular flexibility index (Phi) is 7.22. The largest absolute Gasteiger partial charge is 0.508 e. The summed E-state index contributed by atoms with van der Waals surface area (Å²) in [6.07, 6.45) is 2.31. The monoisotopic (exact) mass is 602 g/mol. The molecule has 6 atom stereocenters. The fourth-order valence-electron chi connectivity index (χ4n) is 8.03. The lowest BCUT2D eigenvalue weighted by Gasteiger charge is -2.49. The lowest BCUT2D eigenvalue weighted by molar-refractivity contribution is -0.142. The molecule has 230 valence electrons. The van der Waals surface area contributed by atoms with Crippen LogP contribution in [0.4, 0.5) is 5.69 Å². The van der Waals surface area contributed by atoms with Crippen molar-refractivity contribution in [3.8, 4) is 17.2 Å². The van der Waals surface area contributed by atoms with Crippen LogP contribution in [0.15, 0.2) is 54.1 Å². The molecule has 2 aromatic carbocycles. The van der Waals surface area contributed by atoms with Crippen LogP contribution in [0, 0.1) is 29.1 Å². The molecule has 2 heterocycles. The fourth-order valence-corrected chi connectivity index (χ4v) is 8.03. The maximum Gasteiger partial charge on any atom is 0.303 e. The van der Waals surface area contributed by atoms with Crippen LogP contribution in [0.2, 0.25) is 0 Å². The number of imide groups is 2. The Morgan fingerprint density at radius 2 is 1.64 bits per heavy atom. The van der Waals surface area contributed by atoms with E-state index in [1.165, 1.54) is 31.3 Å². The molecule has 3 fully saturated rings. The van der Waals surface area contributed by atoms with Crippen LogP contribution in [-0.2, 0) is 24.0 Å². The highest BCUT2D eigenvalue weighted by molar-refractivity contribution is 6.24. The van der Waals surface area contributed by atoms with E-state index in [-0.39, 0.29) is 67.2 Å². The number of rotatable bonds is 8.